The molecule has 6 heteroatoms. The molecule has 0 spiro atoms. The highest BCUT2D eigenvalue weighted by Gasteiger charge is 2.30. The number of hydrogen-bond acceptors (Lipinski definition) is 2. The van der Waals surface area contributed by atoms with Gasteiger partial charge in [0, 0.05) is 24.6 Å². The molecular formula is C21H21FN4O. The number of aromatic nitrogens is 2. The molecule has 0 saturated carbocycles. The van der Waals surface area contributed by atoms with Gasteiger partial charge in [-0.2, -0.15) is 5.10 Å². The van der Waals surface area contributed by atoms with E-state index in [1.807, 2.05) is 46.1 Å². The molecule has 138 valence electrons. The van der Waals surface area contributed by atoms with Crippen LogP contribution in [0.3, 0.4) is 0 Å². The first-order chi connectivity index (χ1) is 13.2. The number of hydrogen-bond donors (Lipinski definition) is 1. The van der Waals surface area contributed by atoms with Gasteiger partial charge in [0.1, 0.15) is 5.82 Å². The topological polar surface area (TPSA) is 50.2 Å². The number of anilines is 1. The van der Waals surface area contributed by atoms with Gasteiger partial charge in [-0.05, 0) is 54.3 Å². The Kier molecular flexibility index (Phi) is 4.87. The number of amides is 2. The number of carbonyl (C=O) groups is 1. The molecular weight excluding hydrogens is 343 g/mol. The lowest BCUT2D eigenvalue weighted by Gasteiger charge is -2.25. The first kappa shape index (κ1) is 17.3. The third-order valence-electron chi connectivity index (χ3n) is 4.85. The van der Waals surface area contributed by atoms with Gasteiger partial charge in [-0.15, -0.1) is 0 Å². The van der Waals surface area contributed by atoms with Crippen molar-refractivity contribution < 1.29 is 9.18 Å². The summed E-state index contributed by atoms with van der Waals surface area (Å²) >= 11 is 0. The molecule has 1 fully saturated rings. The highest BCUT2D eigenvalue weighted by atomic mass is 19.1. The van der Waals surface area contributed by atoms with Crippen LogP contribution < -0.4 is 5.32 Å². The standard InChI is InChI=1S/C21H21FN4O/c22-18-9-7-17(8-10-18)20-6-2-13-26(20)21(27)24-19-5-1-4-16(14-19)15-25-12-3-11-23-25/h1,3-5,7-12,14,20H,2,6,13,15H2,(H,24,27)/t20-/m1/s1. The molecule has 4 rings (SSSR count). The van der Waals surface area contributed by atoms with E-state index in [0.717, 1.165) is 29.7 Å². The lowest BCUT2D eigenvalue weighted by Crippen LogP contribution is -2.34. The molecule has 0 aliphatic carbocycles. The van der Waals surface area contributed by atoms with Gasteiger partial charge >= 0.3 is 6.03 Å². The maximum atomic E-state index is 13.2. The van der Waals surface area contributed by atoms with Gasteiger partial charge in [-0.25, -0.2) is 9.18 Å². The first-order valence-corrected chi connectivity index (χ1v) is 9.08. The van der Waals surface area contributed by atoms with Gasteiger partial charge in [0.05, 0.1) is 12.6 Å². The van der Waals surface area contributed by atoms with E-state index in [9.17, 15) is 9.18 Å². The van der Waals surface area contributed by atoms with Crippen molar-refractivity contribution in [3.05, 3.63) is 83.9 Å². The number of halogens is 1. The highest BCUT2D eigenvalue weighted by molar-refractivity contribution is 5.89. The maximum absolute atomic E-state index is 13.2. The third kappa shape index (κ3) is 4.00. The summed E-state index contributed by atoms with van der Waals surface area (Å²) in [7, 11) is 0. The molecule has 1 aliphatic rings. The van der Waals surface area contributed by atoms with Crippen LogP contribution in [0.5, 0.6) is 0 Å². The molecule has 1 aliphatic heterocycles. The molecule has 5 nitrogen and oxygen atoms in total. The van der Waals surface area contributed by atoms with Crippen LogP contribution in [0.4, 0.5) is 14.9 Å². The van der Waals surface area contributed by atoms with E-state index in [0.29, 0.717) is 13.1 Å². The number of nitrogens with zero attached hydrogens (tertiary/aromatic N) is 3. The third-order valence-corrected chi connectivity index (χ3v) is 4.85. The smallest absolute Gasteiger partial charge is 0.317 e. The minimum absolute atomic E-state index is 0.0159. The summed E-state index contributed by atoms with van der Waals surface area (Å²) in [6.45, 7) is 1.35. The highest BCUT2D eigenvalue weighted by Crippen LogP contribution is 2.32. The summed E-state index contributed by atoms with van der Waals surface area (Å²) < 4.78 is 15.0. The average Bonchev–Trinajstić information content (AvgIpc) is 3.34. The molecule has 1 N–H and O–H groups in total. The Morgan fingerprint density at radius 1 is 1.19 bits per heavy atom. The van der Waals surface area contributed by atoms with Crippen LogP contribution in [0.25, 0.3) is 0 Å². The maximum Gasteiger partial charge on any atom is 0.322 e. The fourth-order valence-electron chi connectivity index (χ4n) is 3.57. The quantitative estimate of drug-likeness (QED) is 0.744. The predicted octanol–water partition coefficient (Wildman–Crippen LogP) is 4.44. The summed E-state index contributed by atoms with van der Waals surface area (Å²) in [6.07, 6.45) is 5.48. The van der Waals surface area contributed by atoms with Crippen molar-refractivity contribution in [1.82, 2.24) is 14.7 Å². The van der Waals surface area contributed by atoms with Crippen LogP contribution in [0.15, 0.2) is 67.0 Å². The molecule has 1 aromatic heterocycles. The van der Waals surface area contributed by atoms with Crippen LogP contribution in [0.1, 0.15) is 30.0 Å². The zero-order valence-electron chi connectivity index (χ0n) is 14.9. The normalized spacial score (nSPS) is 16.5. The molecule has 2 heterocycles. The van der Waals surface area contributed by atoms with Crippen molar-refractivity contribution in [2.24, 2.45) is 0 Å². The largest absolute Gasteiger partial charge is 0.322 e. The summed E-state index contributed by atoms with van der Waals surface area (Å²) in [6, 6.07) is 15.9. The van der Waals surface area contributed by atoms with Gasteiger partial charge < -0.3 is 10.2 Å². The minimum atomic E-state index is -0.262. The second-order valence-electron chi connectivity index (χ2n) is 6.74. The molecule has 2 aromatic carbocycles. The average molecular weight is 364 g/mol. The van der Waals surface area contributed by atoms with E-state index in [2.05, 4.69) is 10.4 Å². The van der Waals surface area contributed by atoms with Crippen LogP contribution in [0.2, 0.25) is 0 Å². The first-order valence-electron chi connectivity index (χ1n) is 9.08. The number of carbonyl (C=O) groups excluding carboxylic acids is 1. The Morgan fingerprint density at radius 3 is 2.81 bits per heavy atom. The SMILES string of the molecule is O=C(Nc1cccc(Cn2cccn2)c1)N1CCC[C@@H]1c1ccc(F)cc1. The van der Waals surface area contributed by atoms with Crippen molar-refractivity contribution in [1.29, 1.82) is 0 Å². The Labute approximate surface area is 157 Å². The molecule has 2 amide bonds. The van der Waals surface area contributed by atoms with Crippen LogP contribution >= 0.6 is 0 Å². The summed E-state index contributed by atoms with van der Waals surface area (Å²) in [5.74, 6) is -0.262. The second kappa shape index (κ2) is 7.61. The summed E-state index contributed by atoms with van der Waals surface area (Å²) in [5.41, 5.74) is 2.79. The Morgan fingerprint density at radius 2 is 2.04 bits per heavy atom. The van der Waals surface area contributed by atoms with Crippen LogP contribution in [-0.4, -0.2) is 27.3 Å². The number of benzene rings is 2. The Balaban J connectivity index is 1.46. The lowest BCUT2D eigenvalue weighted by atomic mass is 10.0. The van der Waals surface area contributed by atoms with Gasteiger partial charge in [-0.1, -0.05) is 24.3 Å². The van der Waals surface area contributed by atoms with E-state index in [1.54, 1.807) is 18.3 Å². The second-order valence-corrected chi connectivity index (χ2v) is 6.74. The van der Waals surface area contributed by atoms with Crippen molar-refractivity contribution in [2.45, 2.75) is 25.4 Å². The lowest BCUT2D eigenvalue weighted by molar-refractivity contribution is 0.207. The zero-order chi connectivity index (χ0) is 18.6. The van der Waals surface area contributed by atoms with Gasteiger partial charge in [-0.3, -0.25) is 4.68 Å². The molecule has 0 bridgehead atoms. The van der Waals surface area contributed by atoms with Gasteiger partial charge in [0.25, 0.3) is 0 Å². The number of likely N-dealkylation sites (tertiary alicyclic amines) is 1. The molecule has 1 atom stereocenters. The van der Waals surface area contributed by atoms with Crippen LogP contribution in [0, 0.1) is 5.82 Å². The van der Waals surface area contributed by atoms with Gasteiger partial charge in [0.2, 0.25) is 0 Å². The van der Waals surface area contributed by atoms with Crippen molar-refractivity contribution in [3.63, 3.8) is 0 Å². The fraction of sp³-hybridized carbons (Fsp3) is 0.238. The Hall–Kier alpha value is -3.15. The van der Waals surface area contributed by atoms with E-state index >= 15 is 0 Å². The monoisotopic (exact) mass is 364 g/mol. The Bertz CT molecular complexity index is 908. The van der Waals surface area contributed by atoms with E-state index in [-0.39, 0.29) is 17.9 Å². The molecule has 0 unspecified atom stereocenters. The molecule has 0 radical (unpaired) electrons. The van der Waals surface area contributed by atoms with Crippen molar-refractivity contribution in [2.75, 3.05) is 11.9 Å². The minimum Gasteiger partial charge on any atom is -0.317 e. The zero-order valence-corrected chi connectivity index (χ0v) is 14.9. The molecule has 1 saturated heterocycles. The van der Waals surface area contributed by atoms with E-state index < -0.39 is 0 Å². The van der Waals surface area contributed by atoms with Crippen molar-refractivity contribution in [3.8, 4) is 0 Å². The fourth-order valence-corrected chi connectivity index (χ4v) is 3.57. The van der Waals surface area contributed by atoms with E-state index in [1.165, 1.54) is 12.1 Å². The molecule has 3 aromatic rings. The molecule has 27 heavy (non-hydrogen) atoms. The van der Waals surface area contributed by atoms with Gasteiger partial charge in [0.15, 0.2) is 0 Å². The number of nitrogens with one attached hydrogen (secondary N) is 1. The number of rotatable bonds is 4. The predicted molar refractivity (Wildman–Crippen MR) is 102 cm³/mol. The van der Waals surface area contributed by atoms with E-state index in [4.69, 9.17) is 0 Å². The number of urea groups is 1. The summed E-state index contributed by atoms with van der Waals surface area (Å²) in [4.78, 5) is 14.6. The summed E-state index contributed by atoms with van der Waals surface area (Å²) in [5, 5.41) is 7.21. The van der Waals surface area contributed by atoms with Crippen LogP contribution in [-0.2, 0) is 6.54 Å². The van der Waals surface area contributed by atoms with Crippen molar-refractivity contribution >= 4 is 11.7 Å².